The van der Waals surface area contributed by atoms with Crippen LogP contribution < -0.4 is 0 Å². The van der Waals surface area contributed by atoms with Gasteiger partial charge in [-0.05, 0) is 18.9 Å². The summed E-state index contributed by atoms with van der Waals surface area (Å²) in [7, 11) is 0. The zero-order valence-electron chi connectivity index (χ0n) is 13.2. The van der Waals surface area contributed by atoms with Crippen molar-refractivity contribution in [1.29, 1.82) is 0 Å². The summed E-state index contributed by atoms with van der Waals surface area (Å²) in [5.74, 6) is -0.472. The first-order valence-electron chi connectivity index (χ1n) is 8.43. The highest BCUT2D eigenvalue weighted by molar-refractivity contribution is 5.06. The molecule has 0 spiro atoms. The van der Waals surface area contributed by atoms with Gasteiger partial charge in [0.25, 0.3) is 0 Å². The lowest BCUT2D eigenvalue weighted by molar-refractivity contribution is 0.298. The van der Waals surface area contributed by atoms with Gasteiger partial charge in [-0.3, -0.25) is 0 Å². The highest BCUT2D eigenvalue weighted by atomic mass is 19.1. The molecule has 0 bridgehead atoms. The predicted octanol–water partition coefficient (Wildman–Crippen LogP) is 6.09. The normalized spacial score (nSPS) is 12.4. The maximum atomic E-state index is 12.5. The van der Waals surface area contributed by atoms with E-state index in [1.54, 1.807) is 6.08 Å². The van der Waals surface area contributed by atoms with Crippen molar-refractivity contribution in [3.8, 4) is 0 Å². The molecule has 0 aromatic rings. The molecule has 0 saturated carbocycles. The lowest BCUT2D eigenvalue weighted by Crippen LogP contribution is -1.82. The van der Waals surface area contributed by atoms with Crippen LogP contribution in [0.2, 0.25) is 0 Å². The minimum absolute atomic E-state index is 0.472. The van der Waals surface area contributed by atoms with Gasteiger partial charge in [0.1, 0.15) is 5.83 Å². The van der Waals surface area contributed by atoms with Gasteiger partial charge in [-0.15, -0.1) is 0 Å². The summed E-state index contributed by atoms with van der Waals surface area (Å²) < 4.78 is 12.5. The number of rotatable bonds is 14. The Bertz CT molecular complexity index is 246. The molecular formula is C18H33FO. The smallest absolute Gasteiger partial charge is 0.125 e. The molecule has 0 radical (unpaired) electrons. The first-order valence-corrected chi connectivity index (χ1v) is 8.43. The highest BCUT2D eigenvalue weighted by Crippen LogP contribution is 2.12. The largest absolute Gasteiger partial charge is 0.389 e. The molecule has 20 heavy (non-hydrogen) atoms. The van der Waals surface area contributed by atoms with Crippen molar-refractivity contribution in [2.45, 2.75) is 84.0 Å². The molecule has 0 aliphatic heterocycles. The Balaban J connectivity index is 3.13. The third-order valence-electron chi connectivity index (χ3n) is 3.54. The van der Waals surface area contributed by atoms with Gasteiger partial charge in [-0.2, -0.15) is 0 Å². The van der Waals surface area contributed by atoms with E-state index in [0.29, 0.717) is 0 Å². The fourth-order valence-corrected chi connectivity index (χ4v) is 2.25. The van der Waals surface area contributed by atoms with Gasteiger partial charge in [-0.1, -0.05) is 83.3 Å². The SMILES string of the molecule is CCCCCCCCCCCCC/C=C/C=C(\F)CO. The van der Waals surface area contributed by atoms with Crippen LogP contribution in [0.25, 0.3) is 0 Å². The zero-order valence-corrected chi connectivity index (χ0v) is 13.2. The topological polar surface area (TPSA) is 20.2 Å². The van der Waals surface area contributed by atoms with Crippen molar-refractivity contribution in [2.75, 3.05) is 6.61 Å². The van der Waals surface area contributed by atoms with E-state index in [-0.39, 0.29) is 0 Å². The van der Waals surface area contributed by atoms with Gasteiger partial charge in [0.15, 0.2) is 0 Å². The molecule has 0 atom stereocenters. The minimum Gasteiger partial charge on any atom is -0.389 e. The lowest BCUT2D eigenvalue weighted by Gasteiger charge is -2.01. The third kappa shape index (κ3) is 15.4. The Morgan fingerprint density at radius 3 is 1.85 bits per heavy atom. The number of hydrogen-bond donors (Lipinski definition) is 1. The molecule has 0 heterocycles. The molecule has 0 saturated heterocycles. The summed E-state index contributed by atoms with van der Waals surface area (Å²) in [6, 6.07) is 0. The fourth-order valence-electron chi connectivity index (χ4n) is 2.25. The first-order chi connectivity index (χ1) is 9.81. The molecule has 0 unspecified atom stereocenters. The Hall–Kier alpha value is -0.630. The molecule has 0 aliphatic rings. The van der Waals surface area contributed by atoms with Gasteiger partial charge in [-0.25, -0.2) is 4.39 Å². The third-order valence-corrected chi connectivity index (χ3v) is 3.54. The number of aliphatic hydroxyl groups excluding tert-OH is 1. The van der Waals surface area contributed by atoms with E-state index in [9.17, 15) is 4.39 Å². The summed E-state index contributed by atoms with van der Waals surface area (Å²) in [4.78, 5) is 0. The van der Waals surface area contributed by atoms with Gasteiger partial charge >= 0.3 is 0 Å². The van der Waals surface area contributed by atoms with Crippen molar-refractivity contribution in [1.82, 2.24) is 0 Å². The summed E-state index contributed by atoms with van der Waals surface area (Å²) in [6.45, 7) is 1.76. The van der Waals surface area contributed by atoms with Crippen LogP contribution in [0.3, 0.4) is 0 Å². The van der Waals surface area contributed by atoms with Crippen LogP contribution in [0, 0.1) is 0 Å². The molecule has 0 fully saturated rings. The van der Waals surface area contributed by atoms with Crippen LogP contribution in [0.1, 0.15) is 84.0 Å². The Labute approximate surface area is 125 Å². The summed E-state index contributed by atoms with van der Waals surface area (Å²) in [6.07, 6.45) is 20.9. The van der Waals surface area contributed by atoms with E-state index in [2.05, 4.69) is 6.92 Å². The summed E-state index contributed by atoms with van der Waals surface area (Å²) in [5.41, 5.74) is 0. The van der Waals surface area contributed by atoms with Crippen molar-refractivity contribution < 1.29 is 9.50 Å². The van der Waals surface area contributed by atoms with Crippen molar-refractivity contribution in [2.24, 2.45) is 0 Å². The standard InChI is InChI=1S/C18H33FO/c1-2-3-4-5-6-7-8-9-10-11-12-13-14-15-16-18(19)17-20/h14-16,20H,2-13,17H2,1H3/b15-14+,18-16-. The number of unbranched alkanes of at least 4 members (excludes halogenated alkanes) is 11. The van der Waals surface area contributed by atoms with Crippen molar-refractivity contribution >= 4 is 0 Å². The van der Waals surface area contributed by atoms with E-state index in [1.807, 2.05) is 6.08 Å². The van der Waals surface area contributed by atoms with Crippen molar-refractivity contribution in [3.05, 3.63) is 24.1 Å². The maximum Gasteiger partial charge on any atom is 0.125 e. The van der Waals surface area contributed by atoms with Crippen molar-refractivity contribution in [3.63, 3.8) is 0 Å². The van der Waals surface area contributed by atoms with E-state index in [1.165, 1.54) is 76.7 Å². The molecule has 2 heteroatoms. The monoisotopic (exact) mass is 284 g/mol. The van der Waals surface area contributed by atoms with E-state index in [0.717, 1.165) is 6.42 Å². The zero-order chi connectivity index (χ0) is 14.9. The Morgan fingerprint density at radius 1 is 0.850 bits per heavy atom. The number of halogens is 1. The predicted molar refractivity (Wildman–Crippen MR) is 86.5 cm³/mol. The lowest BCUT2D eigenvalue weighted by atomic mass is 10.1. The van der Waals surface area contributed by atoms with Gasteiger partial charge in [0.2, 0.25) is 0 Å². The molecule has 0 aromatic carbocycles. The second kappa shape index (κ2) is 16.4. The molecular weight excluding hydrogens is 251 g/mol. The van der Waals surface area contributed by atoms with Crippen LogP contribution in [0.15, 0.2) is 24.1 Å². The second-order valence-corrected chi connectivity index (χ2v) is 5.52. The highest BCUT2D eigenvalue weighted by Gasteiger charge is 1.92. The summed E-state index contributed by atoms with van der Waals surface area (Å²) in [5, 5.41) is 8.46. The quantitative estimate of drug-likeness (QED) is 0.302. The number of hydrogen-bond acceptors (Lipinski definition) is 1. The second-order valence-electron chi connectivity index (χ2n) is 5.52. The molecule has 0 aromatic heterocycles. The summed E-state index contributed by atoms with van der Waals surface area (Å²) >= 11 is 0. The average Bonchev–Trinajstić information content (AvgIpc) is 2.47. The van der Waals surface area contributed by atoms with Gasteiger partial charge < -0.3 is 5.11 Å². The first kappa shape index (κ1) is 19.4. The minimum atomic E-state index is -0.497. The number of aliphatic hydroxyl groups is 1. The van der Waals surface area contributed by atoms with E-state index < -0.39 is 12.4 Å². The molecule has 0 aliphatic carbocycles. The number of allylic oxidation sites excluding steroid dienone is 3. The van der Waals surface area contributed by atoms with E-state index in [4.69, 9.17) is 5.11 Å². The van der Waals surface area contributed by atoms with E-state index >= 15 is 0 Å². The van der Waals surface area contributed by atoms with Crippen LogP contribution >= 0.6 is 0 Å². The fraction of sp³-hybridized carbons (Fsp3) is 0.778. The van der Waals surface area contributed by atoms with Crippen LogP contribution in [0.4, 0.5) is 4.39 Å². The molecule has 1 N–H and O–H groups in total. The average molecular weight is 284 g/mol. The molecule has 1 nitrogen and oxygen atoms in total. The Morgan fingerprint density at radius 2 is 1.35 bits per heavy atom. The van der Waals surface area contributed by atoms with Crippen LogP contribution in [0.5, 0.6) is 0 Å². The molecule has 0 amide bonds. The van der Waals surface area contributed by atoms with Crippen LogP contribution in [-0.2, 0) is 0 Å². The maximum absolute atomic E-state index is 12.5. The molecule has 0 rings (SSSR count). The van der Waals surface area contributed by atoms with Crippen LogP contribution in [-0.4, -0.2) is 11.7 Å². The molecule has 118 valence electrons. The van der Waals surface area contributed by atoms with Gasteiger partial charge in [0, 0.05) is 0 Å². The van der Waals surface area contributed by atoms with Gasteiger partial charge in [0.05, 0.1) is 6.61 Å². The Kier molecular flexibility index (Phi) is 15.9.